The van der Waals surface area contributed by atoms with Gasteiger partial charge in [-0.2, -0.15) is 0 Å². The van der Waals surface area contributed by atoms with Crippen LogP contribution < -0.4 is 9.47 Å². The number of rotatable bonds is 8. The Morgan fingerprint density at radius 1 is 0.938 bits per heavy atom. The van der Waals surface area contributed by atoms with Gasteiger partial charge in [0, 0.05) is 12.1 Å². The van der Waals surface area contributed by atoms with Crippen molar-refractivity contribution in [2.75, 3.05) is 6.61 Å². The number of nitro groups is 1. The maximum absolute atomic E-state index is 12.4. The summed E-state index contributed by atoms with van der Waals surface area (Å²) in [7, 11) is 0. The topological polar surface area (TPSA) is 125 Å². The summed E-state index contributed by atoms with van der Waals surface area (Å²) in [5.41, 5.74) is 0.536. The zero-order chi connectivity index (χ0) is 23.1. The highest BCUT2D eigenvalue weighted by atomic mass is 16.6. The van der Waals surface area contributed by atoms with E-state index in [1.165, 1.54) is 42.5 Å². The molecule has 3 aromatic rings. The Morgan fingerprint density at radius 3 is 2.22 bits per heavy atom. The quantitative estimate of drug-likeness (QED) is 0.240. The van der Waals surface area contributed by atoms with Crippen LogP contribution in [-0.4, -0.2) is 28.6 Å². The summed E-state index contributed by atoms with van der Waals surface area (Å²) in [6.07, 6.45) is 0. The Bertz CT molecular complexity index is 1120. The number of phenols is 1. The fourth-order valence-corrected chi connectivity index (χ4v) is 2.70. The Kier molecular flexibility index (Phi) is 7.02. The van der Waals surface area contributed by atoms with E-state index in [4.69, 9.17) is 14.2 Å². The van der Waals surface area contributed by atoms with Crippen LogP contribution in [0.25, 0.3) is 0 Å². The molecule has 0 atom stereocenters. The summed E-state index contributed by atoms with van der Waals surface area (Å²) in [5, 5.41) is 20.7. The van der Waals surface area contributed by atoms with Gasteiger partial charge in [-0.3, -0.25) is 10.1 Å². The maximum Gasteiger partial charge on any atom is 0.343 e. The summed E-state index contributed by atoms with van der Waals surface area (Å²) in [4.78, 5) is 34.9. The van der Waals surface area contributed by atoms with Crippen LogP contribution in [0.15, 0.2) is 66.7 Å². The van der Waals surface area contributed by atoms with Crippen LogP contribution in [0.1, 0.15) is 33.2 Å². The first-order valence-electron chi connectivity index (χ1n) is 9.56. The number of nitro benzene ring substituents is 1. The fraction of sp³-hybridized carbons (Fsp3) is 0.130. The van der Waals surface area contributed by atoms with Crippen molar-refractivity contribution in [1.29, 1.82) is 0 Å². The standard InChI is InChI=1S/C23H19NO8/c1-2-30-18-9-5-16(6-10-18)22(26)32-19-11-12-21(25)20(13-19)23(27)31-14-15-3-7-17(8-4-15)24(28)29/h3-13,25H,2,14H2,1H3. The van der Waals surface area contributed by atoms with Crippen LogP contribution in [0.5, 0.6) is 17.2 Å². The van der Waals surface area contributed by atoms with Gasteiger partial charge in [-0.25, -0.2) is 9.59 Å². The molecule has 0 aromatic heterocycles. The highest BCUT2D eigenvalue weighted by molar-refractivity contribution is 5.94. The molecule has 0 saturated carbocycles. The molecule has 1 N–H and O–H groups in total. The van der Waals surface area contributed by atoms with Gasteiger partial charge in [-0.15, -0.1) is 0 Å². The molecule has 0 unspecified atom stereocenters. The Balaban J connectivity index is 1.65. The number of carbonyl (C=O) groups excluding carboxylic acids is 2. The zero-order valence-corrected chi connectivity index (χ0v) is 17.0. The molecular formula is C23H19NO8. The average Bonchev–Trinajstić information content (AvgIpc) is 2.79. The van der Waals surface area contributed by atoms with Gasteiger partial charge in [-0.05, 0) is 67.1 Å². The van der Waals surface area contributed by atoms with E-state index < -0.39 is 16.9 Å². The molecule has 0 aliphatic carbocycles. The van der Waals surface area contributed by atoms with Gasteiger partial charge in [0.25, 0.3) is 5.69 Å². The normalized spacial score (nSPS) is 10.3. The van der Waals surface area contributed by atoms with Crippen molar-refractivity contribution in [3.63, 3.8) is 0 Å². The highest BCUT2D eigenvalue weighted by Crippen LogP contribution is 2.25. The van der Waals surface area contributed by atoms with Crippen molar-refractivity contribution in [3.05, 3.63) is 93.5 Å². The van der Waals surface area contributed by atoms with E-state index >= 15 is 0 Å². The number of phenolic OH excluding ortho intramolecular Hbond substituents is 1. The van der Waals surface area contributed by atoms with Gasteiger partial charge in [0.15, 0.2) is 0 Å². The minimum absolute atomic E-state index is 0.0453. The van der Waals surface area contributed by atoms with E-state index in [1.807, 2.05) is 6.92 Å². The molecule has 0 radical (unpaired) electrons. The van der Waals surface area contributed by atoms with Crippen molar-refractivity contribution in [2.24, 2.45) is 0 Å². The third-order valence-electron chi connectivity index (χ3n) is 4.32. The van der Waals surface area contributed by atoms with Crippen LogP contribution in [0.2, 0.25) is 0 Å². The molecule has 0 spiro atoms. The predicted molar refractivity (Wildman–Crippen MR) is 113 cm³/mol. The molecule has 164 valence electrons. The number of hydrogen-bond donors (Lipinski definition) is 1. The number of carbonyl (C=O) groups is 2. The summed E-state index contributed by atoms with van der Waals surface area (Å²) in [6.45, 7) is 2.19. The van der Waals surface area contributed by atoms with Gasteiger partial charge in [0.2, 0.25) is 0 Å². The van der Waals surface area contributed by atoms with Crippen LogP contribution in [0, 0.1) is 10.1 Å². The second kappa shape index (κ2) is 10.1. The Labute approximate surface area is 182 Å². The molecule has 32 heavy (non-hydrogen) atoms. The molecule has 9 nitrogen and oxygen atoms in total. The second-order valence-electron chi connectivity index (χ2n) is 6.53. The molecule has 0 amide bonds. The number of ether oxygens (including phenoxy) is 3. The van der Waals surface area contributed by atoms with Crippen molar-refractivity contribution >= 4 is 17.6 Å². The summed E-state index contributed by atoms with van der Waals surface area (Å²) in [6, 6.07) is 15.6. The number of benzene rings is 3. The van der Waals surface area contributed by atoms with E-state index in [-0.39, 0.29) is 34.9 Å². The van der Waals surface area contributed by atoms with Crippen LogP contribution in [-0.2, 0) is 11.3 Å². The monoisotopic (exact) mass is 437 g/mol. The highest BCUT2D eigenvalue weighted by Gasteiger charge is 2.17. The molecule has 9 heteroatoms. The van der Waals surface area contributed by atoms with Crippen molar-refractivity contribution in [2.45, 2.75) is 13.5 Å². The molecule has 0 aliphatic heterocycles. The van der Waals surface area contributed by atoms with Crippen LogP contribution in [0.3, 0.4) is 0 Å². The number of nitrogens with zero attached hydrogens (tertiary/aromatic N) is 1. The molecule has 3 rings (SSSR count). The van der Waals surface area contributed by atoms with Crippen molar-refractivity contribution < 1.29 is 33.8 Å². The molecule has 0 aliphatic rings. The molecule has 0 fully saturated rings. The number of non-ortho nitro benzene ring substituents is 1. The lowest BCUT2D eigenvalue weighted by molar-refractivity contribution is -0.384. The summed E-state index contributed by atoms with van der Waals surface area (Å²) in [5.74, 6) is -1.18. The first-order chi connectivity index (χ1) is 15.4. The number of hydrogen-bond acceptors (Lipinski definition) is 8. The largest absolute Gasteiger partial charge is 0.507 e. The summed E-state index contributed by atoms with van der Waals surface area (Å²) >= 11 is 0. The van der Waals surface area contributed by atoms with E-state index in [9.17, 15) is 24.8 Å². The molecule has 0 bridgehead atoms. The predicted octanol–water partition coefficient (Wildman–Crippen LogP) is 4.28. The molecule has 0 heterocycles. The first-order valence-corrected chi connectivity index (χ1v) is 9.56. The van der Waals surface area contributed by atoms with Gasteiger partial charge in [-0.1, -0.05) is 0 Å². The van der Waals surface area contributed by atoms with Gasteiger partial charge < -0.3 is 19.3 Å². The molecule has 0 saturated heterocycles. The third kappa shape index (κ3) is 5.60. The van der Waals surface area contributed by atoms with Gasteiger partial charge >= 0.3 is 11.9 Å². The fourth-order valence-electron chi connectivity index (χ4n) is 2.70. The molecule has 3 aromatic carbocycles. The Hall–Kier alpha value is -4.40. The van der Waals surface area contributed by atoms with E-state index in [1.54, 1.807) is 24.3 Å². The smallest absolute Gasteiger partial charge is 0.343 e. The van der Waals surface area contributed by atoms with E-state index in [0.29, 0.717) is 17.9 Å². The minimum Gasteiger partial charge on any atom is -0.507 e. The Morgan fingerprint density at radius 2 is 1.59 bits per heavy atom. The SMILES string of the molecule is CCOc1ccc(C(=O)Oc2ccc(O)c(C(=O)OCc3ccc([N+](=O)[O-])cc3)c2)cc1. The van der Waals surface area contributed by atoms with E-state index in [0.717, 1.165) is 0 Å². The molecular weight excluding hydrogens is 418 g/mol. The van der Waals surface area contributed by atoms with Gasteiger partial charge in [0.05, 0.1) is 17.1 Å². The minimum atomic E-state index is -0.847. The lowest BCUT2D eigenvalue weighted by Gasteiger charge is -2.09. The average molecular weight is 437 g/mol. The lowest BCUT2D eigenvalue weighted by atomic mass is 10.2. The third-order valence-corrected chi connectivity index (χ3v) is 4.32. The van der Waals surface area contributed by atoms with Gasteiger partial charge in [0.1, 0.15) is 29.4 Å². The second-order valence-corrected chi connectivity index (χ2v) is 6.53. The van der Waals surface area contributed by atoms with Crippen LogP contribution in [0.4, 0.5) is 5.69 Å². The first kappa shape index (κ1) is 22.3. The maximum atomic E-state index is 12.4. The van der Waals surface area contributed by atoms with Crippen molar-refractivity contribution in [3.8, 4) is 17.2 Å². The summed E-state index contributed by atoms with van der Waals surface area (Å²) < 4.78 is 15.8. The zero-order valence-electron chi connectivity index (χ0n) is 17.0. The van der Waals surface area contributed by atoms with Crippen molar-refractivity contribution in [1.82, 2.24) is 0 Å². The number of esters is 2. The number of aromatic hydroxyl groups is 1. The van der Waals surface area contributed by atoms with E-state index in [2.05, 4.69) is 0 Å². The van der Waals surface area contributed by atoms with Crippen LogP contribution >= 0.6 is 0 Å². The lowest BCUT2D eigenvalue weighted by Crippen LogP contribution is -2.10.